The molecule has 1 N–H and O–H groups in total. The maximum absolute atomic E-state index is 14.1. The van der Waals surface area contributed by atoms with Crippen LogP contribution in [0.15, 0.2) is 66.7 Å². The minimum absolute atomic E-state index is 0.474. The van der Waals surface area contributed by atoms with Gasteiger partial charge in [0.1, 0.15) is 6.04 Å². The van der Waals surface area contributed by atoms with Gasteiger partial charge in [0.15, 0.2) is 11.6 Å². The van der Waals surface area contributed by atoms with Crippen molar-refractivity contribution in [2.75, 3.05) is 7.11 Å². The Hall–Kier alpha value is -3.54. The predicted octanol–water partition coefficient (Wildman–Crippen LogP) is 4.05. The summed E-state index contributed by atoms with van der Waals surface area (Å²) in [5.74, 6) is -4.48. The number of benzene rings is 3. The number of esters is 1. The van der Waals surface area contributed by atoms with Crippen LogP contribution >= 0.6 is 0 Å². The van der Waals surface area contributed by atoms with Gasteiger partial charge in [0.2, 0.25) is 0 Å². The number of hydrogen-bond donors (Lipinski definition) is 1. The Morgan fingerprint density at radius 3 is 2.07 bits per heavy atom. The number of halogens is 2. The lowest BCUT2D eigenvalue weighted by atomic mass is 9.89. The molecule has 0 aliphatic heterocycles. The van der Waals surface area contributed by atoms with E-state index < -0.39 is 41.0 Å². The molecule has 0 radical (unpaired) electrons. The second-order valence-electron chi connectivity index (χ2n) is 6.73. The molecule has 3 aromatic rings. The van der Waals surface area contributed by atoms with Gasteiger partial charge in [-0.25, -0.2) is 13.6 Å². The molecule has 0 saturated carbocycles. The van der Waals surface area contributed by atoms with Crippen molar-refractivity contribution in [3.05, 3.63) is 95.1 Å². The van der Waals surface area contributed by atoms with Crippen molar-refractivity contribution in [2.45, 2.75) is 12.0 Å². The maximum atomic E-state index is 14.1. The smallest absolute Gasteiger partial charge is 0.329 e. The standard InChI is InChI=1S/C23H17F2NO3/c1-29-23(28)21(26-22(27)17-11-6-12-18(24)20(17)25)19-15-9-4-2-7-13(15)14-8-3-5-10-16(14)19/h2-12,19,21H,1H3,(H,26,27)/t21-/m1/s1. The molecule has 6 heteroatoms. The number of methoxy groups -OCH3 is 1. The molecule has 0 spiro atoms. The minimum Gasteiger partial charge on any atom is -0.467 e. The van der Waals surface area contributed by atoms with Crippen LogP contribution < -0.4 is 5.32 Å². The number of nitrogens with one attached hydrogen (secondary N) is 1. The van der Waals surface area contributed by atoms with Crippen molar-refractivity contribution >= 4 is 11.9 Å². The van der Waals surface area contributed by atoms with Gasteiger partial charge >= 0.3 is 5.97 Å². The highest BCUT2D eigenvalue weighted by Gasteiger charge is 2.39. The van der Waals surface area contributed by atoms with Gasteiger partial charge in [-0.1, -0.05) is 54.6 Å². The van der Waals surface area contributed by atoms with Gasteiger partial charge in [-0.3, -0.25) is 4.79 Å². The highest BCUT2D eigenvalue weighted by atomic mass is 19.2. The van der Waals surface area contributed by atoms with Crippen LogP contribution in [-0.2, 0) is 9.53 Å². The zero-order valence-electron chi connectivity index (χ0n) is 15.5. The number of carbonyl (C=O) groups excluding carboxylic acids is 2. The molecule has 0 unspecified atom stereocenters. The zero-order valence-corrected chi connectivity index (χ0v) is 15.5. The van der Waals surface area contributed by atoms with Gasteiger partial charge in [0.25, 0.3) is 5.91 Å². The van der Waals surface area contributed by atoms with E-state index in [1.54, 1.807) is 0 Å². The summed E-state index contributed by atoms with van der Waals surface area (Å²) in [6.45, 7) is 0. The molecule has 0 aromatic heterocycles. The molecule has 1 aliphatic carbocycles. The molecule has 4 nitrogen and oxygen atoms in total. The lowest BCUT2D eigenvalue weighted by Crippen LogP contribution is -2.45. The first-order valence-corrected chi connectivity index (χ1v) is 9.04. The lowest BCUT2D eigenvalue weighted by molar-refractivity contribution is -0.143. The average molecular weight is 393 g/mol. The molecular weight excluding hydrogens is 376 g/mol. The number of carbonyl (C=O) groups is 2. The van der Waals surface area contributed by atoms with E-state index in [1.807, 2.05) is 48.5 Å². The molecule has 0 fully saturated rings. The van der Waals surface area contributed by atoms with Crippen LogP contribution in [0.5, 0.6) is 0 Å². The number of amides is 1. The fourth-order valence-electron chi connectivity index (χ4n) is 3.86. The topological polar surface area (TPSA) is 55.4 Å². The average Bonchev–Trinajstić information content (AvgIpc) is 3.07. The van der Waals surface area contributed by atoms with Crippen molar-refractivity contribution in [2.24, 2.45) is 0 Å². The first kappa shape index (κ1) is 18.8. The lowest BCUT2D eigenvalue weighted by Gasteiger charge is -2.24. The SMILES string of the molecule is COC(=O)[C@H](NC(=O)c1cccc(F)c1F)C1c2ccccc2-c2ccccc21. The van der Waals surface area contributed by atoms with E-state index in [0.717, 1.165) is 28.3 Å². The molecule has 146 valence electrons. The Morgan fingerprint density at radius 1 is 0.897 bits per heavy atom. The number of ether oxygens (including phenoxy) is 1. The van der Waals surface area contributed by atoms with Crippen molar-refractivity contribution in [1.82, 2.24) is 5.32 Å². The Bertz CT molecular complexity index is 1070. The minimum atomic E-state index is -1.26. The van der Waals surface area contributed by atoms with Crippen LogP contribution in [0, 0.1) is 11.6 Å². The molecular formula is C23H17F2NO3. The third kappa shape index (κ3) is 3.16. The first-order valence-electron chi connectivity index (χ1n) is 9.04. The predicted molar refractivity (Wildman–Crippen MR) is 103 cm³/mol. The summed E-state index contributed by atoms with van der Waals surface area (Å²) in [4.78, 5) is 25.3. The van der Waals surface area contributed by atoms with Gasteiger partial charge in [0.05, 0.1) is 12.7 Å². The summed E-state index contributed by atoms with van der Waals surface area (Å²) >= 11 is 0. The van der Waals surface area contributed by atoms with E-state index in [4.69, 9.17) is 4.74 Å². The van der Waals surface area contributed by atoms with E-state index in [2.05, 4.69) is 5.32 Å². The van der Waals surface area contributed by atoms with E-state index in [-0.39, 0.29) is 0 Å². The Labute approximate surface area is 166 Å². The Balaban J connectivity index is 1.78. The van der Waals surface area contributed by atoms with Gasteiger partial charge < -0.3 is 10.1 Å². The van der Waals surface area contributed by atoms with Crippen molar-refractivity contribution in [1.29, 1.82) is 0 Å². The van der Waals surface area contributed by atoms with Crippen LogP contribution in [0.2, 0.25) is 0 Å². The summed E-state index contributed by atoms with van der Waals surface area (Å²) in [7, 11) is 1.22. The third-order valence-corrected chi connectivity index (χ3v) is 5.15. The normalized spacial score (nSPS) is 13.3. The molecule has 4 rings (SSSR count). The second kappa shape index (κ2) is 7.47. The van der Waals surface area contributed by atoms with Crippen LogP contribution in [0.4, 0.5) is 8.78 Å². The Kier molecular flexibility index (Phi) is 4.84. The number of hydrogen-bond acceptors (Lipinski definition) is 3. The number of fused-ring (bicyclic) bond motifs is 3. The van der Waals surface area contributed by atoms with Crippen molar-refractivity contribution in [3.8, 4) is 11.1 Å². The first-order chi connectivity index (χ1) is 14.0. The molecule has 29 heavy (non-hydrogen) atoms. The third-order valence-electron chi connectivity index (χ3n) is 5.15. The van der Waals surface area contributed by atoms with Crippen molar-refractivity contribution < 1.29 is 23.1 Å². The monoisotopic (exact) mass is 393 g/mol. The van der Waals surface area contributed by atoms with Crippen LogP contribution in [0.25, 0.3) is 11.1 Å². The summed E-state index contributed by atoms with van der Waals surface area (Å²) in [6, 6.07) is 17.3. The van der Waals surface area contributed by atoms with E-state index in [9.17, 15) is 18.4 Å². The fraction of sp³-hybridized carbons (Fsp3) is 0.130. The molecule has 0 bridgehead atoms. The summed E-state index contributed by atoms with van der Waals surface area (Å²) in [5.41, 5.74) is 3.13. The summed E-state index contributed by atoms with van der Waals surface area (Å²) < 4.78 is 32.6. The second-order valence-corrected chi connectivity index (χ2v) is 6.73. The highest BCUT2D eigenvalue weighted by molar-refractivity contribution is 5.98. The maximum Gasteiger partial charge on any atom is 0.329 e. The van der Waals surface area contributed by atoms with Crippen LogP contribution in [-0.4, -0.2) is 25.0 Å². The molecule has 1 aliphatic rings. The highest BCUT2D eigenvalue weighted by Crippen LogP contribution is 2.46. The summed E-state index contributed by atoms with van der Waals surface area (Å²) in [6.07, 6.45) is 0. The van der Waals surface area contributed by atoms with Gasteiger partial charge in [-0.15, -0.1) is 0 Å². The molecule has 1 atom stereocenters. The quantitative estimate of drug-likeness (QED) is 0.681. The molecule has 3 aromatic carbocycles. The summed E-state index contributed by atoms with van der Waals surface area (Å²) in [5, 5.41) is 2.56. The van der Waals surface area contributed by atoms with E-state index in [0.29, 0.717) is 0 Å². The molecule has 0 heterocycles. The van der Waals surface area contributed by atoms with E-state index >= 15 is 0 Å². The van der Waals surface area contributed by atoms with Crippen molar-refractivity contribution in [3.63, 3.8) is 0 Å². The zero-order chi connectivity index (χ0) is 20.5. The largest absolute Gasteiger partial charge is 0.467 e. The van der Waals surface area contributed by atoms with Gasteiger partial charge in [-0.05, 0) is 34.4 Å². The van der Waals surface area contributed by atoms with Gasteiger partial charge in [-0.2, -0.15) is 0 Å². The Morgan fingerprint density at radius 2 is 1.48 bits per heavy atom. The van der Waals surface area contributed by atoms with Crippen LogP contribution in [0.1, 0.15) is 27.4 Å². The van der Waals surface area contributed by atoms with Crippen LogP contribution in [0.3, 0.4) is 0 Å². The molecule has 1 amide bonds. The fourth-order valence-corrected chi connectivity index (χ4v) is 3.86. The molecule has 0 saturated heterocycles. The van der Waals surface area contributed by atoms with E-state index in [1.165, 1.54) is 19.2 Å². The number of rotatable bonds is 4. The van der Waals surface area contributed by atoms with Gasteiger partial charge in [0, 0.05) is 5.92 Å².